The zero-order valence-corrected chi connectivity index (χ0v) is 13.7. The predicted molar refractivity (Wildman–Crippen MR) is 92.4 cm³/mol. The standard InChI is InChI=1S/C18H23ClN2/c1-4-11-20-18(14-7-5-9-16(19)12-14)15-8-6-10-17(13-15)21(2)3/h5-10,12-13,18,20H,4,11H2,1-3H3. The van der Waals surface area contributed by atoms with Crippen LogP contribution in [0.15, 0.2) is 48.5 Å². The van der Waals surface area contributed by atoms with E-state index in [1.54, 1.807) is 0 Å². The van der Waals surface area contributed by atoms with Gasteiger partial charge in [0.25, 0.3) is 0 Å². The van der Waals surface area contributed by atoms with E-state index in [2.05, 4.69) is 61.6 Å². The number of nitrogens with one attached hydrogen (secondary N) is 1. The summed E-state index contributed by atoms with van der Waals surface area (Å²) in [6.45, 7) is 3.15. The van der Waals surface area contributed by atoms with Gasteiger partial charge < -0.3 is 10.2 Å². The van der Waals surface area contributed by atoms with E-state index in [4.69, 9.17) is 11.6 Å². The summed E-state index contributed by atoms with van der Waals surface area (Å²) < 4.78 is 0. The molecular formula is C18H23ClN2. The molecule has 0 aliphatic carbocycles. The van der Waals surface area contributed by atoms with Crippen LogP contribution in [0.4, 0.5) is 5.69 Å². The first-order chi connectivity index (χ1) is 10.1. The first kappa shape index (κ1) is 15.9. The second-order valence-electron chi connectivity index (χ2n) is 5.43. The number of anilines is 1. The molecule has 2 nitrogen and oxygen atoms in total. The van der Waals surface area contributed by atoms with Gasteiger partial charge in [-0.05, 0) is 48.4 Å². The molecule has 0 bridgehead atoms. The van der Waals surface area contributed by atoms with Crippen LogP contribution in [0.5, 0.6) is 0 Å². The molecule has 0 saturated heterocycles. The van der Waals surface area contributed by atoms with Crippen molar-refractivity contribution in [3.05, 3.63) is 64.7 Å². The van der Waals surface area contributed by atoms with Crippen molar-refractivity contribution in [1.82, 2.24) is 5.32 Å². The number of rotatable bonds is 6. The number of benzene rings is 2. The fourth-order valence-electron chi connectivity index (χ4n) is 2.39. The van der Waals surface area contributed by atoms with E-state index in [9.17, 15) is 0 Å². The van der Waals surface area contributed by atoms with Gasteiger partial charge in [0, 0.05) is 24.8 Å². The van der Waals surface area contributed by atoms with Crippen LogP contribution in [0.3, 0.4) is 0 Å². The average molecular weight is 303 g/mol. The van der Waals surface area contributed by atoms with Gasteiger partial charge in [-0.25, -0.2) is 0 Å². The highest BCUT2D eigenvalue weighted by molar-refractivity contribution is 6.30. The van der Waals surface area contributed by atoms with Gasteiger partial charge in [0.2, 0.25) is 0 Å². The highest BCUT2D eigenvalue weighted by Gasteiger charge is 2.14. The van der Waals surface area contributed by atoms with Gasteiger partial charge in [0.05, 0.1) is 6.04 Å². The number of halogens is 1. The Balaban J connectivity index is 2.37. The summed E-state index contributed by atoms with van der Waals surface area (Å²) in [7, 11) is 4.12. The van der Waals surface area contributed by atoms with Gasteiger partial charge in [0.15, 0.2) is 0 Å². The molecule has 0 radical (unpaired) electrons. The molecule has 2 rings (SSSR count). The topological polar surface area (TPSA) is 15.3 Å². The van der Waals surface area contributed by atoms with Crippen molar-refractivity contribution in [2.24, 2.45) is 0 Å². The third-order valence-electron chi connectivity index (χ3n) is 3.50. The Bertz CT molecular complexity index is 581. The smallest absolute Gasteiger partial charge is 0.0578 e. The van der Waals surface area contributed by atoms with E-state index >= 15 is 0 Å². The summed E-state index contributed by atoms with van der Waals surface area (Å²) in [4.78, 5) is 2.12. The molecule has 0 spiro atoms. The van der Waals surface area contributed by atoms with Crippen LogP contribution in [-0.2, 0) is 0 Å². The van der Waals surface area contributed by atoms with Gasteiger partial charge in [0.1, 0.15) is 0 Å². The molecule has 112 valence electrons. The van der Waals surface area contributed by atoms with E-state index in [0.29, 0.717) is 0 Å². The van der Waals surface area contributed by atoms with E-state index in [0.717, 1.165) is 18.0 Å². The molecule has 0 saturated carbocycles. The minimum atomic E-state index is 0.170. The van der Waals surface area contributed by atoms with Crippen molar-refractivity contribution in [1.29, 1.82) is 0 Å². The Morgan fingerprint density at radius 2 is 1.71 bits per heavy atom. The fraction of sp³-hybridized carbons (Fsp3) is 0.333. The van der Waals surface area contributed by atoms with Crippen LogP contribution in [0.2, 0.25) is 5.02 Å². The predicted octanol–water partition coefficient (Wildman–Crippen LogP) is 4.50. The van der Waals surface area contributed by atoms with Crippen LogP contribution in [0.1, 0.15) is 30.5 Å². The normalized spacial score (nSPS) is 12.2. The molecule has 1 N–H and O–H groups in total. The minimum Gasteiger partial charge on any atom is -0.378 e. The lowest BCUT2D eigenvalue weighted by molar-refractivity contribution is 0.598. The van der Waals surface area contributed by atoms with Crippen molar-refractivity contribution in [3.8, 4) is 0 Å². The molecule has 3 heteroatoms. The summed E-state index contributed by atoms with van der Waals surface area (Å²) in [6.07, 6.45) is 1.10. The largest absolute Gasteiger partial charge is 0.378 e. The quantitative estimate of drug-likeness (QED) is 0.845. The third kappa shape index (κ3) is 4.23. The molecule has 2 aromatic rings. The van der Waals surface area contributed by atoms with Crippen LogP contribution < -0.4 is 10.2 Å². The van der Waals surface area contributed by atoms with Gasteiger partial charge in [-0.3, -0.25) is 0 Å². The second-order valence-corrected chi connectivity index (χ2v) is 5.87. The molecule has 0 amide bonds. The molecule has 0 aliphatic heterocycles. The van der Waals surface area contributed by atoms with Crippen LogP contribution in [0, 0.1) is 0 Å². The zero-order valence-electron chi connectivity index (χ0n) is 12.9. The molecule has 0 fully saturated rings. The van der Waals surface area contributed by atoms with Crippen LogP contribution in [-0.4, -0.2) is 20.6 Å². The van der Waals surface area contributed by atoms with Crippen LogP contribution >= 0.6 is 11.6 Å². The summed E-state index contributed by atoms with van der Waals surface area (Å²) in [6, 6.07) is 16.9. The second kappa shape index (κ2) is 7.48. The average Bonchev–Trinajstić information content (AvgIpc) is 2.48. The lowest BCUT2D eigenvalue weighted by Gasteiger charge is -2.22. The molecular weight excluding hydrogens is 280 g/mol. The lowest BCUT2D eigenvalue weighted by Crippen LogP contribution is -2.23. The Morgan fingerprint density at radius 1 is 1.05 bits per heavy atom. The van der Waals surface area contributed by atoms with Crippen molar-refractivity contribution in [3.63, 3.8) is 0 Å². The highest BCUT2D eigenvalue weighted by atomic mass is 35.5. The van der Waals surface area contributed by atoms with E-state index < -0.39 is 0 Å². The summed E-state index contributed by atoms with van der Waals surface area (Å²) in [5.41, 5.74) is 3.67. The SMILES string of the molecule is CCCNC(c1cccc(Cl)c1)c1cccc(N(C)C)c1. The van der Waals surface area contributed by atoms with E-state index in [1.165, 1.54) is 16.8 Å². The van der Waals surface area contributed by atoms with Gasteiger partial charge in [-0.15, -0.1) is 0 Å². The Hall–Kier alpha value is -1.51. The minimum absolute atomic E-state index is 0.170. The first-order valence-electron chi connectivity index (χ1n) is 7.38. The summed E-state index contributed by atoms with van der Waals surface area (Å²) in [5.74, 6) is 0. The monoisotopic (exact) mass is 302 g/mol. The molecule has 1 atom stereocenters. The Labute approximate surface area is 132 Å². The van der Waals surface area contributed by atoms with Gasteiger partial charge >= 0.3 is 0 Å². The Kier molecular flexibility index (Phi) is 5.66. The lowest BCUT2D eigenvalue weighted by atomic mass is 9.98. The summed E-state index contributed by atoms with van der Waals surface area (Å²) in [5, 5.41) is 4.40. The molecule has 2 aromatic carbocycles. The third-order valence-corrected chi connectivity index (χ3v) is 3.74. The van der Waals surface area contributed by atoms with Crippen LogP contribution in [0.25, 0.3) is 0 Å². The highest BCUT2D eigenvalue weighted by Crippen LogP contribution is 2.27. The molecule has 1 unspecified atom stereocenters. The summed E-state index contributed by atoms with van der Waals surface area (Å²) >= 11 is 6.16. The maximum Gasteiger partial charge on any atom is 0.0578 e. The molecule has 0 aromatic heterocycles. The number of hydrogen-bond acceptors (Lipinski definition) is 2. The van der Waals surface area contributed by atoms with E-state index in [-0.39, 0.29) is 6.04 Å². The van der Waals surface area contributed by atoms with Gasteiger partial charge in [-0.2, -0.15) is 0 Å². The molecule has 0 heterocycles. The number of nitrogens with zero attached hydrogens (tertiary/aromatic N) is 1. The van der Waals surface area contributed by atoms with Crippen molar-refractivity contribution in [2.45, 2.75) is 19.4 Å². The van der Waals surface area contributed by atoms with Crippen molar-refractivity contribution < 1.29 is 0 Å². The van der Waals surface area contributed by atoms with Crippen molar-refractivity contribution in [2.75, 3.05) is 25.5 Å². The molecule has 0 aliphatic rings. The fourth-order valence-corrected chi connectivity index (χ4v) is 2.58. The Morgan fingerprint density at radius 3 is 2.33 bits per heavy atom. The number of hydrogen-bond donors (Lipinski definition) is 1. The van der Waals surface area contributed by atoms with Crippen molar-refractivity contribution >= 4 is 17.3 Å². The van der Waals surface area contributed by atoms with E-state index in [1.807, 2.05) is 18.2 Å². The zero-order chi connectivity index (χ0) is 15.2. The maximum atomic E-state index is 6.16. The van der Waals surface area contributed by atoms with Gasteiger partial charge in [-0.1, -0.05) is 42.8 Å². The maximum absolute atomic E-state index is 6.16. The molecule has 21 heavy (non-hydrogen) atoms. The first-order valence-corrected chi connectivity index (χ1v) is 7.75.